The maximum Gasteiger partial charge on any atom is 0.165 e. The highest BCUT2D eigenvalue weighted by atomic mass is 31.0. The van der Waals surface area contributed by atoms with Gasteiger partial charge in [-0.15, -0.1) is 0 Å². The average Bonchev–Trinajstić information content (AvgIpc) is 3.31. The number of benzene rings is 6. The molecule has 13 heteroatoms. The lowest BCUT2D eigenvalue weighted by Crippen LogP contribution is -2.34. The summed E-state index contributed by atoms with van der Waals surface area (Å²) in [5.41, 5.74) is 13.9. The Hall–Kier alpha value is -4.76. The van der Waals surface area contributed by atoms with E-state index < -0.39 is 24.0 Å². The summed E-state index contributed by atoms with van der Waals surface area (Å²) in [6.07, 6.45) is -0.432. The lowest BCUT2D eigenvalue weighted by molar-refractivity contribution is 0.0911. The molecule has 9 rings (SSSR count). The molecule has 0 aromatic heterocycles. The first kappa shape index (κ1) is 47.3. The molecule has 350 valence electrons. The molecule has 0 amide bonds. The van der Waals surface area contributed by atoms with Crippen LogP contribution in [0.25, 0.3) is 0 Å². The van der Waals surface area contributed by atoms with Crippen LogP contribution >= 0.6 is 37.9 Å². The van der Waals surface area contributed by atoms with E-state index in [0.29, 0.717) is 51.2 Å². The summed E-state index contributed by atoms with van der Waals surface area (Å²) in [6, 6.07) is 26.2. The summed E-state index contributed by atoms with van der Waals surface area (Å²) in [4.78, 5) is 0. The van der Waals surface area contributed by atoms with Gasteiger partial charge in [0, 0.05) is 70.0 Å². The Labute approximate surface area is 403 Å². The smallest absolute Gasteiger partial charge is 0.165 e. The van der Waals surface area contributed by atoms with E-state index >= 15 is 0 Å². The molecule has 0 bridgehead atoms. The van der Waals surface area contributed by atoms with E-state index in [1.54, 1.807) is 6.07 Å². The van der Waals surface area contributed by atoms with Crippen molar-refractivity contribution in [1.29, 1.82) is 0 Å². The third-order valence-electron chi connectivity index (χ3n) is 14.8. The van der Waals surface area contributed by atoms with Crippen molar-refractivity contribution >= 4 is 37.9 Å². The number of phenols is 2. The topological polar surface area (TPSA) is 105 Å². The Kier molecular flexibility index (Phi) is 13.2. The molecule has 0 aliphatic carbocycles. The minimum Gasteiger partial charge on any atom is -0.507 e. The van der Waals surface area contributed by atoms with Gasteiger partial charge in [-0.25, -0.2) is 0 Å². The molecule has 67 heavy (non-hydrogen) atoms. The lowest BCUT2D eigenvalue weighted by atomic mass is 9.68. The maximum atomic E-state index is 12.6. The van der Waals surface area contributed by atoms with Gasteiger partial charge in [-0.1, -0.05) is 69.3 Å². The van der Waals surface area contributed by atoms with Crippen molar-refractivity contribution in [3.05, 3.63) is 157 Å². The molecule has 2 N–H and O–H groups in total. The molecule has 0 saturated carbocycles. The van der Waals surface area contributed by atoms with Gasteiger partial charge in [0.1, 0.15) is 58.6 Å². The first-order valence-corrected chi connectivity index (χ1v) is 24.6. The van der Waals surface area contributed by atoms with E-state index in [1.807, 2.05) is 24.3 Å². The zero-order chi connectivity index (χ0) is 47.7. The fourth-order valence-electron chi connectivity index (χ4n) is 11.1. The van der Waals surface area contributed by atoms with Crippen molar-refractivity contribution in [1.82, 2.24) is 0 Å². The number of ether oxygens (including phenoxy) is 3. The SMILES string of the molecule is Cc1ccc(C2Oc3c(c(C)cc(C)c3C3c4c(O)cc(O)c(C5c6c(OP)cc(OP)cc6OC(c6ccc(OP)c(OP)c6)C5C)c4OC(c4ccc(C)c(C)c4)C3C)CC2C)cc1C. The fourth-order valence-corrected chi connectivity index (χ4v) is 11.8. The number of aryl methyl sites for hydroxylation is 6. The molecule has 6 aromatic carbocycles. The second-order valence-corrected chi connectivity index (χ2v) is 19.9. The summed E-state index contributed by atoms with van der Waals surface area (Å²) in [5.74, 6) is 2.19. The molecule has 3 aliphatic rings. The second-order valence-electron chi connectivity index (χ2n) is 19.0. The highest BCUT2D eigenvalue weighted by Crippen LogP contribution is 2.64. The minimum absolute atomic E-state index is 0.0590. The van der Waals surface area contributed by atoms with E-state index in [4.69, 9.17) is 32.3 Å². The zero-order valence-electron chi connectivity index (χ0n) is 39.4. The Morgan fingerprint density at radius 2 is 1.00 bits per heavy atom. The Morgan fingerprint density at radius 3 is 1.58 bits per heavy atom. The van der Waals surface area contributed by atoms with Crippen LogP contribution in [0.2, 0.25) is 0 Å². The number of rotatable bonds is 9. The van der Waals surface area contributed by atoms with Crippen LogP contribution in [0.5, 0.6) is 51.7 Å². The first-order chi connectivity index (χ1) is 32.1. The van der Waals surface area contributed by atoms with E-state index in [-0.39, 0.29) is 35.4 Å². The van der Waals surface area contributed by atoms with Gasteiger partial charge >= 0.3 is 0 Å². The Balaban J connectivity index is 1.32. The van der Waals surface area contributed by atoms with E-state index in [9.17, 15) is 10.2 Å². The van der Waals surface area contributed by atoms with E-state index in [0.717, 1.165) is 45.6 Å². The summed E-state index contributed by atoms with van der Waals surface area (Å²) >= 11 is 0. The van der Waals surface area contributed by atoms with Crippen LogP contribution in [0.3, 0.4) is 0 Å². The number of hydrogen-bond acceptors (Lipinski definition) is 9. The summed E-state index contributed by atoms with van der Waals surface area (Å²) in [7, 11) is 9.23. The van der Waals surface area contributed by atoms with Gasteiger partial charge in [0.15, 0.2) is 11.5 Å². The van der Waals surface area contributed by atoms with Crippen LogP contribution in [-0.4, -0.2) is 10.2 Å². The molecular formula is C54H60O9P4. The fraction of sp³-hybridized carbons (Fsp3) is 0.333. The Bertz CT molecular complexity index is 2920. The molecular weight excluding hydrogens is 916 g/mol. The molecule has 0 spiro atoms. The zero-order valence-corrected chi connectivity index (χ0v) is 44.0. The quantitative estimate of drug-likeness (QED) is 0.137. The minimum atomic E-state index is -0.607. The maximum absolute atomic E-state index is 12.6. The van der Waals surface area contributed by atoms with Crippen LogP contribution < -0.4 is 32.3 Å². The number of fused-ring (bicyclic) bond motifs is 3. The number of phenolic OH excluding ortho intramolecular Hbond substituents is 2. The van der Waals surface area contributed by atoms with Gasteiger partial charge in [0.25, 0.3) is 0 Å². The van der Waals surface area contributed by atoms with Gasteiger partial charge in [0.05, 0.1) is 37.9 Å². The molecule has 0 radical (unpaired) electrons. The number of aromatic hydroxyl groups is 2. The predicted octanol–water partition coefficient (Wildman–Crippen LogP) is 13.7. The molecule has 12 atom stereocenters. The van der Waals surface area contributed by atoms with Crippen molar-refractivity contribution in [2.45, 2.75) is 98.9 Å². The van der Waals surface area contributed by atoms with E-state index in [2.05, 4.69) is 143 Å². The summed E-state index contributed by atoms with van der Waals surface area (Å²) in [6.45, 7) is 19.4. The highest BCUT2D eigenvalue weighted by molar-refractivity contribution is 7.11. The third-order valence-corrected chi connectivity index (χ3v) is 15.8. The molecule has 6 aromatic rings. The van der Waals surface area contributed by atoms with Gasteiger partial charge in [-0.05, 0) is 116 Å². The standard InChI is InChI=1S/C54H60O9P4/c1-24-10-12-33(17-26(24)3)50-30(7)19-37-28(5)16-29(6)44(53(37)58-50)45-31(8)52(34-13-11-25(2)27(4)18-34)59-54-47(45)38(55)23-39(56)48(54)46-32(9)51(35-14-15-40(61-65)41(20-35)62-66)57-42-21-36(60-64)22-43(63-67)49(42)46/h10-18,20-23,30-32,45-46,50-52,55-56H,19,64-67H2,1-9H3. The van der Waals surface area contributed by atoms with Crippen molar-refractivity contribution in [2.24, 2.45) is 17.8 Å². The molecule has 3 heterocycles. The predicted molar refractivity (Wildman–Crippen MR) is 277 cm³/mol. The van der Waals surface area contributed by atoms with Crippen LogP contribution in [0.15, 0.2) is 78.9 Å². The first-order valence-electron chi connectivity index (χ1n) is 22.7. The highest BCUT2D eigenvalue weighted by Gasteiger charge is 2.49. The summed E-state index contributed by atoms with van der Waals surface area (Å²) in [5, 5.41) is 25.1. The number of hydrogen-bond donors (Lipinski definition) is 2. The molecule has 3 aliphatic heterocycles. The van der Waals surface area contributed by atoms with Crippen molar-refractivity contribution in [2.75, 3.05) is 0 Å². The Morgan fingerprint density at radius 1 is 0.463 bits per heavy atom. The summed E-state index contributed by atoms with van der Waals surface area (Å²) < 4.78 is 44.7. The van der Waals surface area contributed by atoms with Gasteiger partial charge in [-0.3, -0.25) is 0 Å². The van der Waals surface area contributed by atoms with Crippen LogP contribution in [0, 0.1) is 59.3 Å². The van der Waals surface area contributed by atoms with Crippen LogP contribution in [0.4, 0.5) is 0 Å². The van der Waals surface area contributed by atoms with Crippen LogP contribution in [0.1, 0.15) is 129 Å². The second kappa shape index (κ2) is 18.6. The van der Waals surface area contributed by atoms with Crippen molar-refractivity contribution in [3.63, 3.8) is 0 Å². The average molecular weight is 977 g/mol. The van der Waals surface area contributed by atoms with Crippen LogP contribution in [-0.2, 0) is 6.42 Å². The normalized spacial score (nSPS) is 22.8. The van der Waals surface area contributed by atoms with E-state index in [1.165, 1.54) is 33.9 Å². The van der Waals surface area contributed by atoms with Gasteiger partial charge in [-0.2, -0.15) is 0 Å². The van der Waals surface area contributed by atoms with Crippen molar-refractivity contribution < 1.29 is 42.5 Å². The monoisotopic (exact) mass is 976 g/mol. The van der Waals surface area contributed by atoms with Crippen molar-refractivity contribution in [3.8, 4) is 51.7 Å². The molecule has 0 saturated heterocycles. The van der Waals surface area contributed by atoms with Gasteiger partial charge < -0.3 is 42.5 Å². The molecule has 0 fully saturated rings. The lowest BCUT2D eigenvalue weighted by Gasteiger charge is -2.45. The largest absolute Gasteiger partial charge is 0.507 e. The molecule has 12 unspecified atom stereocenters. The molecule has 9 nitrogen and oxygen atoms in total. The van der Waals surface area contributed by atoms with Gasteiger partial charge in [0.2, 0.25) is 0 Å². The third kappa shape index (κ3) is 8.16.